The third-order valence-electron chi connectivity index (χ3n) is 2.58. The van der Waals surface area contributed by atoms with Crippen LogP contribution in [0.3, 0.4) is 0 Å². The summed E-state index contributed by atoms with van der Waals surface area (Å²) in [6, 6.07) is 11.8. The van der Waals surface area contributed by atoms with Gasteiger partial charge >= 0.3 is 0 Å². The van der Waals surface area contributed by atoms with Crippen molar-refractivity contribution < 1.29 is 9.90 Å². The number of anilines is 1. The maximum absolute atomic E-state index is 12.0. The molecule has 0 fully saturated rings. The number of pyridine rings is 1. The summed E-state index contributed by atoms with van der Waals surface area (Å²) in [6.45, 7) is -0.221. The average Bonchev–Trinajstić information content (AvgIpc) is 2.54. The van der Waals surface area contributed by atoms with E-state index >= 15 is 0 Å². The molecule has 1 aromatic carbocycles. The number of aliphatic hydroxyl groups is 1. The van der Waals surface area contributed by atoms with E-state index < -0.39 is 0 Å². The molecule has 0 spiro atoms. The van der Waals surface area contributed by atoms with Gasteiger partial charge in [0, 0.05) is 17.4 Å². The standard InChI is InChI=1S/C16H11N3O2/c17-10-12-3-6-14(7-4-12)19-16(21)15-8-5-13(11-18-15)2-1-9-20/h3-8,11,20H,9H2,(H,19,21). The summed E-state index contributed by atoms with van der Waals surface area (Å²) in [5.74, 6) is 4.85. The molecule has 2 rings (SSSR count). The molecule has 0 saturated carbocycles. The maximum atomic E-state index is 12.0. The number of aliphatic hydroxyl groups excluding tert-OH is 1. The summed E-state index contributed by atoms with van der Waals surface area (Å²) < 4.78 is 0. The molecule has 1 aromatic heterocycles. The fourth-order valence-electron chi connectivity index (χ4n) is 1.57. The maximum Gasteiger partial charge on any atom is 0.274 e. The molecule has 0 unspecified atom stereocenters. The van der Waals surface area contributed by atoms with Crippen molar-refractivity contribution in [2.75, 3.05) is 11.9 Å². The van der Waals surface area contributed by atoms with Crippen LogP contribution in [0.5, 0.6) is 0 Å². The first-order valence-corrected chi connectivity index (χ1v) is 6.10. The van der Waals surface area contributed by atoms with E-state index in [0.717, 1.165) is 0 Å². The molecule has 0 bridgehead atoms. The summed E-state index contributed by atoms with van der Waals surface area (Å²) in [5.41, 5.74) is 2.00. The third-order valence-corrected chi connectivity index (χ3v) is 2.58. The molecule has 0 radical (unpaired) electrons. The Morgan fingerprint density at radius 2 is 1.90 bits per heavy atom. The zero-order chi connectivity index (χ0) is 15.1. The van der Waals surface area contributed by atoms with Gasteiger partial charge in [-0.15, -0.1) is 0 Å². The fraction of sp³-hybridized carbons (Fsp3) is 0.0625. The molecule has 0 saturated heterocycles. The van der Waals surface area contributed by atoms with Crippen molar-refractivity contribution in [2.24, 2.45) is 0 Å². The summed E-state index contributed by atoms with van der Waals surface area (Å²) in [6.07, 6.45) is 1.47. The number of nitrogens with one attached hydrogen (secondary N) is 1. The second kappa shape index (κ2) is 6.85. The van der Waals surface area contributed by atoms with Crippen molar-refractivity contribution >= 4 is 11.6 Å². The van der Waals surface area contributed by atoms with E-state index in [2.05, 4.69) is 22.1 Å². The number of benzene rings is 1. The number of hydrogen-bond acceptors (Lipinski definition) is 4. The minimum Gasteiger partial charge on any atom is -0.384 e. The Hall–Kier alpha value is -3.15. The molecule has 1 heterocycles. The summed E-state index contributed by atoms with van der Waals surface area (Å²) in [7, 11) is 0. The van der Waals surface area contributed by atoms with Gasteiger partial charge in [-0.25, -0.2) is 4.98 Å². The van der Waals surface area contributed by atoms with Crippen LogP contribution >= 0.6 is 0 Å². The first-order chi connectivity index (χ1) is 10.2. The van der Waals surface area contributed by atoms with Crippen LogP contribution in [0.15, 0.2) is 42.6 Å². The van der Waals surface area contributed by atoms with Gasteiger partial charge in [-0.2, -0.15) is 5.26 Å². The van der Waals surface area contributed by atoms with Crippen LogP contribution < -0.4 is 5.32 Å². The minimum atomic E-state index is -0.346. The highest BCUT2D eigenvalue weighted by Gasteiger charge is 2.07. The van der Waals surface area contributed by atoms with E-state index in [1.807, 2.05) is 6.07 Å². The highest BCUT2D eigenvalue weighted by molar-refractivity contribution is 6.02. The Bertz CT molecular complexity index is 732. The van der Waals surface area contributed by atoms with Gasteiger partial charge < -0.3 is 10.4 Å². The number of aromatic nitrogens is 1. The quantitative estimate of drug-likeness (QED) is 0.815. The number of carbonyl (C=O) groups is 1. The molecule has 5 nitrogen and oxygen atoms in total. The van der Waals surface area contributed by atoms with E-state index in [1.54, 1.807) is 36.4 Å². The Kier molecular flexibility index (Phi) is 4.66. The lowest BCUT2D eigenvalue weighted by atomic mass is 10.2. The lowest BCUT2D eigenvalue weighted by Gasteiger charge is -2.04. The normalized spacial score (nSPS) is 9.14. The molecule has 1 amide bonds. The van der Waals surface area contributed by atoms with Gasteiger partial charge in [0.05, 0.1) is 11.6 Å². The van der Waals surface area contributed by atoms with Crippen molar-refractivity contribution in [1.29, 1.82) is 5.26 Å². The van der Waals surface area contributed by atoms with E-state index in [-0.39, 0.29) is 18.2 Å². The van der Waals surface area contributed by atoms with Crippen molar-refractivity contribution in [3.8, 4) is 17.9 Å². The van der Waals surface area contributed by atoms with E-state index in [1.165, 1.54) is 6.20 Å². The van der Waals surface area contributed by atoms with Gasteiger partial charge in [0.15, 0.2) is 0 Å². The van der Waals surface area contributed by atoms with Gasteiger partial charge in [0.2, 0.25) is 0 Å². The van der Waals surface area contributed by atoms with Gasteiger partial charge in [-0.05, 0) is 36.4 Å². The predicted molar refractivity (Wildman–Crippen MR) is 77.3 cm³/mol. The van der Waals surface area contributed by atoms with Gasteiger partial charge in [0.25, 0.3) is 5.91 Å². The molecule has 0 aliphatic rings. The number of nitrogens with zero attached hydrogens (tertiary/aromatic N) is 2. The molecule has 2 aromatic rings. The average molecular weight is 277 g/mol. The zero-order valence-corrected chi connectivity index (χ0v) is 11.0. The smallest absolute Gasteiger partial charge is 0.274 e. The van der Waals surface area contributed by atoms with Crippen molar-refractivity contribution in [2.45, 2.75) is 0 Å². The van der Waals surface area contributed by atoms with Crippen LogP contribution in [0, 0.1) is 23.2 Å². The second-order valence-electron chi connectivity index (χ2n) is 4.04. The number of amides is 1. The zero-order valence-electron chi connectivity index (χ0n) is 11.0. The minimum absolute atomic E-state index is 0.221. The fourth-order valence-corrected chi connectivity index (χ4v) is 1.57. The van der Waals surface area contributed by atoms with Gasteiger partial charge in [-0.3, -0.25) is 4.79 Å². The first-order valence-electron chi connectivity index (χ1n) is 6.10. The molecule has 0 aliphatic carbocycles. The van der Waals surface area contributed by atoms with E-state index in [0.29, 0.717) is 16.8 Å². The summed E-state index contributed by atoms with van der Waals surface area (Å²) in [5, 5.41) is 20.0. The van der Waals surface area contributed by atoms with E-state index in [4.69, 9.17) is 10.4 Å². The monoisotopic (exact) mass is 277 g/mol. The van der Waals surface area contributed by atoms with Crippen LogP contribution in [-0.4, -0.2) is 22.6 Å². The van der Waals surface area contributed by atoms with Crippen LogP contribution in [-0.2, 0) is 0 Å². The Balaban J connectivity index is 2.07. The largest absolute Gasteiger partial charge is 0.384 e. The molecule has 5 heteroatoms. The molecule has 102 valence electrons. The van der Waals surface area contributed by atoms with Crippen LogP contribution in [0.1, 0.15) is 21.6 Å². The summed E-state index contributed by atoms with van der Waals surface area (Å²) in [4.78, 5) is 16.0. The van der Waals surface area contributed by atoms with Crippen molar-refractivity contribution in [3.05, 3.63) is 59.4 Å². The molecule has 0 atom stereocenters. The van der Waals surface area contributed by atoms with Crippen LogP contribution in [0.25, 0.3) is 0 Å². The molecular weight excluding hydrogens is 266 g/mol. The predicted octanol–water partition coefficient (Wildman–Crippen LogP) is 1.55. The van der Waals surface area contributed by atoms with Gasteiger partial charge in [0.1, 0.15) is 12.3 Å². The highest BCUT2D eigenvalue weighted by atomic mass is 16.2. The molecule has 2 N–H and O–H groups in total. The van der Waals surface area contributed by atoms with E-state index in [9.17, 15) is 4.79 Å². The second-order valence-corrected chi connectivity index (χ2v) is 4.04. The summed E-state index contributed by atoms with van der Waals surface area (Å²) >= 11 is 0. The highest BCUT2D eigenvalue weighted by Crippen LogP contribution is 2.10. The number of nitriles is 1. The topological polar surface area (TPSA) is 86.0 Å². The Morgan fingerprint density at radius 3 is 2.48 bits per heavy atom. The van der Waals surface area contributed by atoms with Crippen molar-refractivity contribution in [1.82, 2.24) is 4.98 Å². The first kappa shape index (κ1) is 14.3. The SMILES string of the molecule is N#Cc1ccc(NC(=O)c2ccc(C#CCO)cn2)cc1. The number of carbonyl (C=O) groups excluding carboxylic acids is 1. The number of hydrogen-bond donors (Lipinski definition) is 2. The molecular formula is C16H11N3O2. The van der Waals surface area contributed by atoms with Crippen LogP contribution in [0.4, 0.5) is 5.69 Å². The lowest BCUT2D eigenvalue weighted by molar-refractivity contribution is 0.102. The Labute approximate surface area is 121 Å². The van der Waals surface area contributed by atoms with Crippen LogP contribution in [0.2, 0.25) is 0 Å². The lowest BCUT2D eigenvalue weighted by Crippen LogP contribution is -2.13. The Morgan fingerprint density at radius 1 is 1.19 bits per heavy atom. The third kappa shape index (κ3) is 3.90. The number of rotatable bonds is 2. The molecule has 0 aliphatic heterocycles. The van der Waals surface area contributed by atoms with Gasteiger partial charge in [-0.1, -0.05) is 11.8 Å². The van der Waals surface area contributed by atoms with Crippen molar-refractivity contribution in [3.63, 3.8) is 0 Å². The molecule has 21 heavy (non-hydrogen) atoms.